The minimum atomic E-state index is -0.00734. The fourth-order valence-corrected chi connectivity index (χ4v) is 1.96. The van der Waals surface area contributed by atoms with Crippen LogP contribution in [0.3, 0.4) is 0 Å². The molecule has 0 aromatic rings. The Morgan fingerprint density at radius 1 is 0.850 bits per heavy atom. The quantitative estimate of drug-likeness (QED) is 0.367. The average molecular weight is 305 g/mol. The Morgan fingerprint density at radius 3 is 1.50 bits per heavy atom. The van der Waals surface area contributed by atoms with Crippen molar-refractivity contribution in [1.82, 2.24) is 10.6 Å². The highest BCUT2D eigenvalue weighted by Crippen LogP contribution is 2.21. The summed E-state index contributed by atoms with van der Waals surface area (Å²) in [6.07, 6.45) is 3.94. The molecule has 0 aliphatic rings. The average Bonchev–Trinajstić information content (AvgIpc) is 2.40. The lowest BCUT2D eigenvalue weighted by Crippen LogP contribution is -2.37. The van der Waals surface area contributed by atoms with E-state index in [2.05, 4.69) is 38.3 Å². The van der Waals surface area contributed by atoms with Gasteiger partial charge in [0.25, 0.3) is 0 Å². The number of nitrogens with one attached hydrogen (secondary N) is 2. The van der Waals surface area contributed by atoms with Gasteiger partial charge in [-0.25, -0.2) is 0 Å². The predicted octanol–water partition coefficient (Wildman–Crippen LogP) is 2.05. The molecule has 0 heterocycles. The van der Waals surface area contributed by atoms with Crippen LogP contribution in [0.2, 0.25) is 0 Å². The summed E-state index contributed by atoms with van der Waals surface area (Å²) >= 11 is 5.20. The molecule has 0 rings (SSSR count). The molecule has 0 aliphatic heterocycles. The number of aliphatic hydroxyl groups is 2. The van der Waals surface area contributed by atoms with Gasteiger partial charge in [-0.1, -0.05) is 27.7 Å². The van der Waals surface area contributed by atoms with E-state index >= 15 is 0 Å². The Bertz CT molecular complexity index is 255. The summed E-state index contributed by atoms with van der Waals surface area (Å²) in [5, 5.41) is 25.4. The highest BCUT2D eigenvalue weighted by molar-refractivity contribution is 7.80. The molecule has 0 unspecified atom stereocenters. The lowest BCUT2D eigenvalue weighted by molar-refractivity contribution is 0.148. The van der Waals surface area contributed by atoms with Crippen molar-refractivity contribution in [3.8, 4) is 0 Å². The highest BCUT2D eigenvalue weighted by atomic mass is 32.1. The van der Waals surface area contributed by atoms with Crippen LogP contribution in [0.1, 0.15) is 53.4 Å². The number of thiocarbonyl (C=S) groups is 1. The zero-order valence-electron chi connectivity index (χ0n) is 13.5. The van der Waals surface area contributed by atoms with Gasteiger partial charge in [0.2, 0.25) is 0 Å². The maximum Gasteiger partial charge on any atom is 0.166 e. The fourth-order valence-electron chi connectivity index (χ4n) is 1.76. The summed E-state index contributed by atoms with van der Waals surface area (Å²) < 4.78 is 0. The van der Waals surface area contributed by atoms with Gasteiger partial charge >= 0.3 is 0 Å². The zero-order chi connectivity index (χ0) is 15.6. The standard InChI is InChI=1S/C15H32N2O2S/c1-14(2,11-18)7-5-9-16-13(20)17-10-6-8-15(3,4)12-19/h18-19H,5-12H2,1-4H3,(H2,16,17,20). The van der Waals surface area contributed by atoms with E-state index in [-0.39, 0.29) is 24.0 Å². The van der Waals surface area contributed by atoms with Gasteiger partial charge in [-0.3, -0.25) is 0 Å². The van der Waals surface area contributed by atoms with Gasteiger partial charge in [0.15, 0.2) is 5.11 Å². The van der Waals surface area contributed by atoms with Crippen LogP contribution in [-0.2, 0) is 0 Å². The molecule has 20 heavy (non-hydrogen) atoms. The second kappa shape index (κ2) is 9.53. The smallest absolute Gasteiger partial charge is 0.166 e. The predicted molar refractivity (Wildman–Crippen MR) is 88.8 cm³/mol. The molecule has 5 heteroatoms. The molecule has 0 atom stereocenters. The van der Waals surface area contributed by atoms with E-state index in [4.69, 9.17) is 22.4 Å². The Morgan fingerprint density at radius 2 is 1.20 bits per heavy atom. The minimum Gasteiger partial charge on any atom is -0.396 e. The third kappa shape index (κ3) is 10.4. The molecule has 0 fully saturated rings. The van der Waals surface area contributed by atoms with Crippen LogP contribution >= 0.6 is 12.2 Å². The van der Waals surface area contributed by atoms with Crippen LogP contribution < -0.4 is 10.6 Å². The lowest BCUT2D eigenvalue weighted by atomic mass is 9.89. The summed E-state index contributed by atoms with van der Waals surface area (Å²) in [5.41, 5.74) is -0.0147. The van der Waals surface area contributed by atoms with Crippen molar-refractivity contribution in [1.29, 1.82) is 0 Å². The second-order valence-corrected chi connectivity index (χ2v) is 7.44. The van der Waals surface area contributed by atoms with Gasteiger partial charge in [-0.15, -0.1) is 0 Å². The molecule has 4 N–H and O–H groups in total. The maximum absolute atomic E-state index is 9.16. The molecular weight excluding hydrogens is 272 g/mol. The topological polar surface area (TPSA) is 64.5 Å². The first-order valence-electron chi connectivity index (χ1n) is 7.46. The summed E-state index contributed by atoms with van der Waals surface area (Å²) in [7, 11) is 0. The Hall–Kier alpha value is -0.390. The van der Waals surface area contributed by atoms with E-state index in [0.29, 0.717) is 5.11 Å². The van der Waals surface area contributed by atoms with Gasteiger partial charge in [0.05, 0.1) is 0 Å². The lowest BCUT2D eigenvalue weighted by Gasteiger charge is -2.22. The van der Waals surface area contributed by atoms with Gasteiger partial charge in [0, 0.05) is 26.3 Å². The SMILES string of the molecule is CC(C)(CO)CCCNC(=S)NCCCC(C)(C)CO. The molecular formula is C15H32N2O2S. The normalized spacial score (nSPS) is 12.3. The second-order valence-electron chi connectivity index (χ2n) is 7.03. The van der Waals surface area contributed by atoms with E-state index in [9.17, 15) is 0 Å². The van der Waals surface area contributed by atoms with Crippen molar-refractivity contribution in [3.05, 3.63) is 0 Å². The van der Waals surface area contributed by atoms with Gasteiger partial charge in [-0.2, -0.15) is 0 Å². The van der Waals surface area contributed by atoms with Crippen LogP contribution in [0.4, 0.5) is 0 Å². The number of aliphatic hydroxyl groups excluding tert-OH is 2. The van der Waals surface area contributed by atoms with E-state index < -0.39 is 0 Å². The molecule has 0 aromatic carbocycles. The fraction of sp³-hybridized carbons (Fsp3) is 0.933. The molecule has 4 nitrogen and oxygen atoms in total. The third-order valence-corrected chi connectivity index (χ3v) is 3.78. The van der Waals surface area contributed by atoms with E-state index in [1.54, 1.807) is 0 Å². The minimum absolute atomic E-state index is 0.00734. The van der Waals surface area contributed by atoms with E-state index in [1.165, 1.54) is 0 Å². The van der Waals surface area contributed by atoms with Crippen molar-refractivity contribution in [2.45, 2.75) is 53.4 Å². The third-order valence-electron chi connectivity index (χ3n) is 3.49. The first-order valence-corrected chi connectivity index (χ1v) is 7.87. The van der Waals surface area contributed by atoms with Crippen LogP contribution in [0.15, 0.2) is 0 Å². The molecule has 0 radical (unpaired) electrons. The summed E-state index contributed by atoms with van der Waals surface area (Å²) in [4.78, 5) is 0. The number of rotatable bonds is 10. The Labute approximate surface area is 129 Å². The van der Waals surface area contributed by atoms with Crippen molar-refractivity contribution in [3.63, 3.8) is 0 Å². The maximum atomic E-state index is 9.16. The molecule has 0 aromatic heterocycles. The summed E-state index contributed by atoms with van der Waals surface area (Å²) in [6.45, 7) is 10.3. The Kier molecular flexibility index (Phi) is 9.34. The molecule has 120 valence electrons. The van der Waals surface area contributed by atoms with Crippen molar-refractivity contribution in [2.75, 3.05) is 26.3 Å². The van der Waals surface area contributed by atoms with Crippen LogP contribution in [0.5, 0.6) is 0 Å². The zero-order valence-corrected chi connectivity index (χ0v) is 14.3. The molecule has 0 saturated heterocycles. The van der Waals surface area contributed by atoms with Crippen LogP contribution in [0, 0.1) is 10.8 Å². The van der Waals surface area contributed by atoms with Gasteiger partial charge in [-0.05, 0) is 48.7 Å². The molecule has 0 amide bonds. The van der Waals surface area contributed by atoms with Gasteiger partial charge in [0.1, 0.15) is 0 Å². The van der Waals surface area contributed by atoms with Crippen molar-refractivity contribution in [2.24, 2.45) is 10.8 Å². The monoisotopic (exact) mass is 304 g/mol. The molecule has 0 spiro atoms. The van der Waals surface area contributed by atoms with Crippen molar-refractivity contribution >= 4 is 17.3 Å². The van der Waals surface area contributed by atoms with Crippen LogP contribution in [0.25, 0.3) is 0 Å². The number of hydrogen-bond donors (Lipinski definition) is 4. The van der Waals surface area contributed by atoms with E-state index in [0.717, 1.165) is 38.8 Å². The first kappa shape index (κ1) is 19.6. The first-order chi connectivity index (χ1) is 9.22. The highest BCUT2D eigenvalue weighted by Gasteiger charge is 2.16. The summed E-state index contributed by atoms with van der Waals surface area (Å²) in [5.74, 6) is 0. The number of hydrogen-bond acceptors (Lipinski definition) is 3. The van der Waals surface area contributed by atoms with Gasteiger partial charge < -0.3 is 20.8 Å². The summed E-state index contributed by atoms with van der Waals surface area (Å²) in [6, 6.07) is 0. The molecule has 0 saturated carbocycles. The largest absolute Gasteiger partial charge is 0.396 e. The molecule has 0 bridgehead atoms. The van der Waals surface area contributed by atoms with Crippen LogP contribution in [-0.4, -0.2) is 41.6 Å². The van der Waals surface area contributed by atoms with Crippen molar-refractivity contribution < 1.29 is 10.2 Å². The Balaban J connectivity index is 3.56. The van der Waals surface area contributed by atoms with E-state index in [1.807, 2.05) is 0 Å². The molecule has 0 aliphatic carbocycles.